The summed E-state index contributed by atoms with van der Waals surface area (Å²) in [5.74, 6) is 0.345. The Morgan fingerprint density at radius 1 is 1.12 bits per heavy atom. The zero-order chi connectivity index (χ0) is 18.7. The molecule has 0 radical (unpaired) electrons. The molecule has 0 aliphatic carbocycles. The highest BCUT2D eigenvalue weighted by atomic mass is 16.2. The largest absolute Gasteiger partial charge is 0.354 e. The molecule has 0 saturated carbocycles. The summed E-state index contributed by atoms with van der Waals surface area (Å²) < 4.78 is 0. The molecule has 2 aromatic rings. The number of benzene rings is 2. The van der Waals surface area contributed by atoms with E-state index < -0.39 is 6.04 Å². The van der Waals surface area contributed by atoms with Crippen LogP contribution >= 0.6 is 0 Å². The van der Waals surface area contributed by atoms with Gasteiger partial charge in [-0.2, -0.15) is 0 Å². The van der Waals surface area contributed by atoms with Gasteiger partial charge in [0.25, 0.3) is 5.91 Å². The van der Waals surface area contributed by atoms with Gasteiger partial charge in [0.15, 0.2) is 0 Å². The molecule has 26 heavy (non-hydrogen) atoms. The summed E-state index contributed by atoms with van der Waals surface area (Å²) in [6.07, 6.45) is 0.923. The Labute approximate surface area is 155 Å². The molecule has 1 atom stereocenters. The SMILES string of the molecule is Cc1ccc(CN2C(=O)c3ccccc3C2C(=O)NCCC(C)C)cc1. The smallest absolute Gasteiger partial charge is 0.255 e. The van der Waals surface area contributed by atoms with Gasteiger partial charge in [0.2, 0.25) is 5.91 Å². The van der Waals surface area contributed by atoms with E-state index in [-0.39, 0.29) is 11.8 Å². The maximum absolute atomic E-state index is 12.9. The van der Waals surface area contributed by atoms with Crippen molar-refractivity contribution in [3.8, 4) is 0 Å². The zero-order valence-corrected chi connectivity index (χ0v) is 15.7. The van der Waals surface area contributed by atoms with Crippen LogP contribution in [0.3, 0.4) is 0 Å². The Morgan fingerprint density at radius 2 is 1.81 bits per heavy atom. The van der Waals surface area contributed by atoms with E-state index in [4.69, 9.17) is 0 Å². The van der Waals surface area contributed by atoms with Gasteiger partial charge in [-0.25, -0.2) is 0 Å². The predicted octanol–water partition coefficient (Wildman–Crippen LogP) is 3.85. The topological polar surface area (TPSA) is 49.4 Å². The van der Waals surface area contributed by atoms with Gasteiger partial charge in [0.05, 0.1) is 0 Å². The molecule has 0 aromatic heterocycles. The van der Waals surface area contributed by atoms with Crippen LogP contribution in [0.25, 0.3) is 0 Å². The van der Waals surface area contributed by atoms with E-state index in [0.717, 1.165) is 17.5 Å². The number of carbonyl (C=O) groups excluding carboxylic acids is 2. The van der Waals surface area contributed by atoms with Crippen molar-refractivity contribution in [3.05, 3.63) is 70.8 Å². The van der Waals surface area contributed by atoms with Gasteiger partial charge in [-0.3, -0.25) is 9.59 Å². The van der Waals surface area contributed by atoms with Gasteiger partial charge < -0.3 is 10.2 Å². The summed E-state index contributed by atoms with van der Waals surface area (Å²) in [4.78, 5) is 27.5. The first-order valence-electron chi connectivity index (χ1n) is 9.20. The molecule has 1 N–H and O–H groups in total. The van der Waals surface area contributed by atoms with Crippen molar-refractivity contribution in [2.75, 3.05) is 6.54 Å². The van der Waals surface area contributed by atoms with E-state index in [2.05, 4.69) is 19.2 Å². The van der Waals surface area contributed by atoms with Crippen molar-refractivity contribution >= 4 is 11.8 Å². The fraction of sp³-hybridized carbons (Fsp3) is 0.364. The lowest BCUT2D eigenvalue weighted by Gasteiger charge is -2.25. The zero-order valence-electron chi connectivity index (χ0n) is 15.7. The monoisotopic (exact) mass is 350 g/mol. The number of hydrogen-bond donors (Lipinski definition) is 1. The summed E-state index contributed by atoms with van der Waals surface area (Å²) >= 11 is 0. The first kappa shape index (κ1) is 18.2. The molecule has 0 bridgehead atoms. The third kappa shape index (κ3) is 3.79. The van der Waals surface area contributed by atoms with Crippen LogP contribution < -0.4 is 5.32 Å². The fourth-order valence-electron chi connectivity index (χ4n) is 3.29. The van der Waals surface area contributed by atoms with E-state index in [9.17, 15) is 9.59 Å². The van der Waals surface area contributed by atoms with Gasteiger partial charge in [-0.05, 0) is 36.5 Å². The molecule has 4 heteroatoms. The Balaban J connectivity index is 1.84. The third-order valence-corrected chi connectivity index (χ3v) is 4.80. The number of aryl methyl sites for hydroxylation is 1. The lowest BCUT2D eigenvalue weighted by atomic mass is 10.0. The predicted molar refractivity (Wildman–Crippen MR) is 103 cm³/mol. The van der Waals surface area contributed by atoms with E-state index in [0.29, 0.717) is 24.6 Å². The molecule has 1 heterocycles. The number of nitrogens with one attached hydrogen (secondary N) is 1. The quantitative estimate of drug-likeness (QED) is 0.860. The first-order chi connectivity index (χ1) is 12.5. The second kappa shape index (κ2) is 7.73. The Kier molecular flexibility index (Phi) is 5.40. The van der Waals surface area contributed by atoms with Crippen molar-refractivity contribution in [1.29, 1.82) is 0 Å². The Morgan fingerprint density at radius 3 is 2.50 bits per heavy atom. The third-order valence-electron chi connectivity index (χ3n) is 4.80. The van der Waals surface area contributed by atoms with Crippen molar-refractivity contribution < 1.29 is 9.59 Å². The van der Waals surface area contributed by atoms with Crippen molar-refractivity contribution in [2.45, 2.75) is 39.8 Å². The molecule has 136 valence electrons. The van der Waals surface area contributed by atoms with E-state index in [1.807, 2.05) is 49.4 Å². The Bertz CT molecular complexity index is 796. The van der Waals surface area contributed by atoms with Crippen LogP contribution in [-0.4, -0.2) is 23.3 Å². The molecule has 0 saturated heterocycles. The highest BCUT2D eigenvalue weighted by molar-refractivity contribution is 6.04. The number of amides is 2. The average Bonchev–Trinajstić information content (AvgIpc) is 2.89. The summed E-state index contributed by atoms with van der Waals surface area (Å²) in [6.45, 7) is 7.35. The molecule has 0 spiro atoms. The summed E-state index contributed by atoms with van der Waals surface area (Å²) in [5, 5.41) is 3.01. The van der Waals surface area contributed by atoms with Crippen LogP contribution in [0.5, 0.6) is 0 Å². The number of fused-ring (bicyclic) bond motifs is 1. The minimum absolute atomic E-state index is 0.0785. The van der Waals surface area contributed by atoms with E-state index in [1.54, 1.807) is 11.0 Å². The van der Waals surface area contributed by atoms with Crippen LogP contribution in [0, 0.1) is 12.8 Å². The molecular formula is C22H26N2O2. The number of nitrogens with zero attached hydrogens (tertiary/aromatic N) is 1. The molecule has 2 amide bonds. The number of hydrogen-bond acceptors (Lipinski definition) is 2. The highest BCUT2D eigenvalue weighted by Crippen LogP contribution is 2.35. The van der Waals surface area contributed by atoms with E-state index >= 15 is 0 Å². The molecule has 4 nitrogen and oxygen atoms in total. The second-order valence-corrected chi connectivity index (χ2v) is 7.38. The molecule has 1 unspecified atom stereocenters. The minimum atomic E-state index is -0.563. The van der Waals surface area contributed by atoms with Crippen molar-refractivity contribution in [1.82, 2.24) is 10.2 Å². The minimum Gasteiger partial charge on any atom is -0.354 e. The lowest BCUT2D eigenvalue weighted by Crippen LogP contribution is -2.39. The van der Waals surface area contributed by atoms with Gasteiger partial charge >= 0.3 is 0 Å². The first-order valence-corrected chi connectivity index (χ1v) is 9.20. The molecule has 2 aromatic carbocycles. The van der Waals surface area contributed by atoms with Gasteiger partial charge in [0, 0.05) is 18.7 Å². The lowest BCUT2D eigenvalue weighted by molar-refractivity contribution is -0.125. The molecule has 3 rings (SSSR count). The normalized spacial score (nSPS) is 16.1. The highest BCUT2D eigenvalue weighted by Gasteiger charge is 2.40. The average molecular weight is 350 g/mol. The fourth-order valence-corrected chi connectivity index (χ4v) is 3.29. The standard InChI is InChI=1S/C22H26N2O2/c1-15(2)12-13-23-21(25)20-18-6-4-5-7-19(18)22(26)24(20)14-17-10-8-16(3)9-11-17/h4-11,15,20H,12-14H2,1-3H3,(H,23,25). The van der Waals surface area contributed by atoms with Crippen LogP contribution in [0.2, 0.25) is 0 Å². The number of carbonyl (C=O) groups is 2. The van der Waals surface area contributed by atoms with Crippen molar-refractivity contribution in [3.63, 3.8) is 0 Å². The number of rotatable bonds is 6. The summed E-state index contributed by atoms with van der Waals surface area (Å²) in [6, 6.07) is 14.9. The van der Waals surface area contributed by atoms with Crippen LogP contribution in [0.1, 0.15) is 53.4 Å². The van der Waals surface area contributed by atoms with Gasteiger partial charge in [-0.1, -0.05) is 61.9 Å². The Hall–Kier alpha value is -2.62. The molecule has 0 fully saturated rings. The van der Waals surface area contributed by atoms with Crippen LogP contribution in [-0.2, 0) is 11.3 Å². The molecular weight excluding hydrogens is 324 g/mol. The maximum Gasteiger partial charge on any atom is 0.255 e. The van der Waals surface area contributed by atoms with Gasteiger partial charge in [-0.15, -0.1) is 0 Å². The molecule has 1 aliphatic rings. The summed E-state index contributed by atoms with van der Waals surface area (Å²) in [7, 11) is 0. The maximum atomic E-state index is 12.9. The van der Waals surface area contributed by atoms with Crippen LogP contribution in [0.15, 0.2) is 48.5 Å². The van der Waals surface area contributed by atoms with E-state index in [1.165, 1.54) is 5.56 Å². The second-order valence-electron chi connectivity index (χ2n) is 7.38. The molecule has 1 aliphatic heterocycles. The van der Waals surface area contributed by atoms with Gasteiger partial charge in [0.1, 0.15) is 6.04 Å². The van der Waals surface area contributed by atoms with Crippen LogP contribution in [0.4, 0.5) is 0 Å². The summed E-state index contributed by atoms with van der Waals surface area (Å²) in [5.41, 5.74) is 3.62. The van der Waals surface area contributed by atoms with Crippen molar-refractivity contribution in [2.24, 2.45) is 5.92 Å².